The van der Waals surface area contributed by atoms with Crippen molar-refractivity contribution in [2.45, 2.75) is 13.8 Å². The van der Waals surface area contributed by atoms with Gasteiger partial charge in [0.05, 0.1) is 6.21 Å². The summed E-state index contributed by atoms with van der Waals surface area (Å²) >= 11 is 3.63. The Morgan fingerprint density at radius 1 is 1.07 bits per heavy atom. The zero-order chi connectivity index (χ0) is 19.2. The van der Waals surface area contributed by atoms with Crippen LogP contribution in [0.2, 0.25) is 0 Å². The number of halogens is 1. The number of hydrazone groups is 1. The Kier molecular flexibility index (Phi) is 6.08. The van der Waals surface area contributed by atoms with Crippen molar-refractivity contribution >= 4 is 28.1 Å². The Bertz CT molecular complexity index is 951. The number of aromatic nitrogens is 1. The van der Waals surface area contributed by atoms with E-state index in [1.54, 1.807) is 18.3 Å². The number of nitrogens with zero attached hydrogens (tertiary/aromatic N) is 2. The lowest BCUT2D eigenvalue weighted by Gasteiger charge is -2.08. The molecule has 1 aromatic heterocycles. The summed E-state index contributed by atoms with van der Waals surface area (Å²) in [5.41, 5.74) is 6.59. The number of para-hydroxylation sites is 2. The van der Waals surface area contributed by atoms with Crippen molar-refractivity contribution in [3.8, 4) is 11.4 Å². The van der Waals surface area contributed by atoms with Crippen LogP contribution in [0.25, 0.3) is 5.69 Å². The van der Waals surface area contributed by atoms with Gasteiger partial charge in [0.1, 0.15) is 5.75 Å². The lowest BCUT2D eigenvalue weighted by molar-refractivity contribution is -0.123. The Hall–Kier alpha value is -2.86. The van der Waals surface area contributed by atoms with Gasteiger partial charge in [0.25, 0.3) is 5.91 Å². The van der Waals surface area contributed by atoms with E-state index >= 15 is 0 Å². The molecule has 0 saturated heterocycles. The van der Waals surface area contributed by atoms with Crippen molar-refractivity contribution in [3.63, 3.8) is 0 Å². The molecule has 0 aliphatic carbocycles. The highest BCUT2D eigenvalue weighted by Gasteiger charge is 2.15. The van der Waals surface area contributed by atoms with Crippen LogP contribution in [0.5, 0.6) is 5.75 Å². The van der Waals surface area contributed by atoms with Crippen LogP contribution in [-0.2, 0) is 4.79 Å². The molecule has 0 saturated carbocycles. The Morgan fingerprint density at radius 2 is 1.70 bits per heavy atom. The van der Waals surface area contributed by atoms with E-state index in [1.807, 2.05) is 50.2 Å². The molecule has 0 spiro atoms. The van der Waals surface area contributed by atoms with Gasteiger partial charge in [0.15, 0.2) is 6.61 Å². The maximum absolute atomic E-state index is 11.9. The highest BCUT2D eigenvalue weighted by Crippen LogP contribution is 2.29. The Balaban J connectivity index is 1.68. The molecule has 1 amide bonds. The molecule has 1 N–H and O–H groups in total. The van der Waals surface area contributed by atoms with E-state index < -0.39 is 0 Å². The smallest absolute Gasteiger partial charge is 0.277 e. The number of hydrogen-bond donors (Lipinski definition) is 1. The predicted octanol–water partition coefficient (Wildman–Crippen LogP) is 4.39. The highest BCUT2D eigenvalue weighted by molar-refractivity contribution is 9.10. The van der Waals surface area contributed by atoms with Crippen molar-refractivity contribution in [2.24, 2.45) is 5.10 Å². The third kappa shape index (κ3) is 4.46. The summed E-state index contributed by atoms with van der Waals surface area (Å²) in [4.78, 5) is 11.9. The fourth-order valence-corrected chi connectivity index (χ4v) is 3.37. The number of amides is 1. The summed E-state index contributed by atoms with van der Waals surface area (Å²) in [7, 11) is 0. The number of rotatable bonds is 6. The minimum Gasteiger partial charge on any atom is -0.484 e. The summed E-state index contributed by atoms with van der Waals surface area (Å²) in [5.74, 6) is 0.328. The van der Waals surface area contributed by atoms with Crippen molar-refractivity contribution in [1.29, 1.82) is 0 Å². The number of carbonyl (C=O) groups is 1. The topological polar surface area (TPSA) is 55.6 Å². The SMILES string of the molecule is Cc1c(Br)c(/C=N\NC(=O)COc2ccccc2)c(C)n1-c1ccccc1. The molecule has 6 heteroatoms. The van der Waals surface area contributed by atoms with E-state index in [1.165, 1.54) is 0 Å². The first-order chi connectivity index (χ1) is 13.1. The fraction of sp³-hybridized carbons (Fsp3) is 0.143. The van der Waals surface area contributed by atoms with Crippen molar-refractivity contribution in [3.05, 3.63) is 82.1 Å². The molecule has 0 atom stereocenters. The average Bonchev–Trinajstić information content (AvgIpc) is 2.91. The maximum atomic E-state index is 11.9. The molecule has 0 unspecified atom stereocenters. The van der Waals surface area contributed by atoms with Crippen LogP contribution < -0.4 is 10.2 Å². The van der Waals surface area contributed by atoms with Crippen LogP contribution in [0.15, 0.2) is 70.2 Å². The Morgan fingerprint density at radius 3 is 2.37 bits per heavy atom. The highest BCUT2D eigenvalue weighted by atomic mass is 79.9. The third-order valence-corrected chi connectivity index (χ3v) is 5.13. The monoisotopic (exact) mass is 425 g/mol. The number of ether oxygens (including phenoxy) is 1. The second-order valence-corrected chi connectivity index (χ2v) is 6.76. The molecule has 3 aromatic rings. The van der Waals surface area contributed by atoms with Crippen LogP contribution in [0.1, 0.15) is 17.0 Å². The third-order valence-electron chi connectivity index (χ3n) is 4.13. The summed E-state index contributed by atoms with van der Waals surface area (Å²) in [6.45, 7) is 3.96. The number of nitrogens with one attached hydrogen (secondary N) is 1. The van der Waals surface area contributed by atoms with Gasteiger partial charge in [-0.25, -0.2) is 5.43 Å². The van der Waals surface area contributed by atoms with Gasteiger partial charge in [0.2, 0.25) is 0 Å². The molecule has 3 rings (SSSR count). The van der Waals surface area contributed by atoms with Crippen molar-refractivity contribution < 1.29 is 9.53 Å². The zero-order valence-electron chi connectivity index (χ0n) is 15.1. The number of hydrogen-bond acceptors (Lipinski definition) is 3. The van der Waals surface area contributed by atoms with Crippen molar-refractivity contribution in [1.82, 2.24) is 9.99 Å². The van der Waals surface area contributed by atoms with Gasteiger partial charge in [-0.3, -0.25) is 4.79 Å². The zero-order valence-corrected chi connectivity index (χ0v) is 16.7. The first-order valence-electron chi connectivity index (χ1n) is 8.50. The van der Waals surface area contributed by atoms with Gasteiger partial charge in [-0.1, -0.05) is 36.4 Å². The molecule has 1 heterocycles. The van der Waals surface area contributed by atoms with E-state index in [0.29, 0.717) is 5.75 Å². The van der Waals surface area contributed by atoms with E-state index in [0.717, 1.165) is 27.1 Å². The molecule has 27 heavy (non-hydrogen) atoms. The minimum atomic E-state index is -0.317. The van der Waals surface area contributed by atoms with Crippen LogP contribution in [0.3, 0.4) is 0 Å². The largest absolute Gasteiger partial charge is 0.484 e. The first-order valence-corrected chi connectivity index (χ1v) is 9.30. The molecule has 5 nitrogen and oxygen atoms in total. The standard InChI is InChI=1S/C21H20BrN3O2/c1-15-19(21(22)16(2)25(15)17-9-5-3-6-10-17)13-23-24-20(26)14-27-18-11-7-4-8-12-18/h3-13H,14H2,1-2H3,(H,24,26)/b23-13-. The number of carbonyl (C=O) groups excluding carboxylic acids is 1. The van der Waals surface area contributed by atoms with E-state index in [9.17, 15) is 4.79 Å². The summed E-state index contributed by atoms with van der Waals surface area (Å²) in [6, 6.07) is 19.3. The quantitative estimate of drug-likeness (QED) is 0.470. The van der Waals surface area contributed by atoms with Gasteiger partial charge in [-0.05, 0) is 54.0 Å². The van der Waals surface area contributed by atoms with Gasteiger partial charge in [-0.2, -0.15) is 5.10 Å². The molecule has 0 aliphatic rings. The molecule has 0 aliphatic heterocycles. The second-order valence-electron chi connectivity index (χ2n) is 5.96. The normalized spacial score (nSPS) is 10.9. The van der Waals surface area contributed by atoms with Gasteiger partial charge in [-0.15, -0.1) is 0 Å². The summed E-state index contributed by atoms with van der Waals surface area (Å²) < 4.78 is 8.49. The molecular weight excluding hydrogens is 406 g/mol. The van der Waals surface area contributed by atoms with E-state index in [-0.39, 0.29) is 12.5 Å². The molecular formula is C21H20BrN3O2. The predicted molar refractivity (Wildman–Crippen MR) is 111 cm³/mol. The van der Waals surface area contributed by atoms with Crippen LogP contribution in [-0.4, -0.2) is 23.3 Å². The van der Waals surface area contributed by atoms with Crippen LogP contribution in [0.4, 0.5) is 0 Å². The molecule has 138 valence electrons. The summed E-state index contributed by atoms with van der Waals surface area (Å²) in [6.07, 6.45) is 1.65. The average molecular weight is 426 g/mol. The molecule has 2 aromatic carbocycles. The van der Waals surface area contributed by atoms with Gasteiger partial charge < -0.3 is 9.30 Å². The first kappa shape index (κ1) is 18.9. The molecule has 0 radical (unpaired) electrons. The van der Waals surface area contributed by atoms with Crippen LogP contribution in [0, 0.1) is 13.8 Å². The summed E-state index contributed by atoms with van der Waals surface area (Å²) in [5, 5.41) is 4.08. The minimum absolute atomic E-state index is 0.0917. The van der Waals surface area contributed by atoms with E-state index in [2.05, 4.69) is 43.2 Å². The lowest BCUT2D eigenvalue weighted by atomic mass is 10.2. The lowest BCUT2D eigenvalue weighted by Crippen LogP contribution is -2.24. The number of benzene rings is 2. The van der Waals surface area contributed by atoms with Crippen LogP contribution >= 0.6 is 15.9 Å². The van der Waals surface area contributed by atoms with E-state index in [4.69, 9.17) is 4.74 Å². The molecule has 0 bridgehead atoms. The van der Waals surface area contributed by atoms with Gasteiger partial charge >= 0.3 is 0 Å². The fourth-order valence-electron chi connectivity index (χ4n) is 2.81. The maximum Gasteiger partial charge on any atom is 0.277 e. The molecule has 0 fully saturated rings. The van der Waals surface area contributed by atoms with Crippen molar-refractivity contribution in [2.75, 3.05) is 6.61 Å². The Labute approximate surface area is 166 Å². The van der Waals surface area contributed by atoms with Gasteiger partial charge in [0, 0.05) is 27.1 Å². The second kappa shape index (κ2) is 8.68.